The minimum atomic E-state index is -0.938. The Hall–Kier alpha value is -2.66. The first-order valence-corrected chi connectivity index (χ1v) is 8.93. The molecule has 0 saturated heterocycles. The smallest absolute Gasteiger partial charge is 0.285 e. The molecule has 5 heteroatoms. The Balaban J connectivity index is 1.88. The van der Waals surface area contributed by atoms with Gasteiger partial charge in [-0.1, -0.05) is 42.5 Å². The summed E-state index contributed by atoms with van der Waals surface area (Å²) < 4.78 is 0. The number of fused-ring (bicyclic) bond motifs is 1. The van der Waals surface area contributed by atoms with Crippen molar-refractivity contribution < 1.29 is 14.5 Å². The van der Waals surface area contributed by atoms with Crippen LogP contribution in [0.5, 0.6) is 0 Å². The van der Waals surface area contributed by atoms with Gasteiger partial charge >= 0.3 is 0 Å². The predicted molar refractivity (Wildman–Crippen MR) is 103 cm³/mol. The van der Waals surface area contributed by atoms with Gasteiger partial charge in [0.05, 0.1) is 18.4 Å². The third kappa shape index (κ3) is 3.22. The summed E-state index contributed by atoms with van der Waals surface area (Å²) in [6, 6.07) is 17.3. The largest absolute Gasteiger partial charge is 0.324 e. The van der Waals surface area contributed by atoms with Crippen LogP contribution in [0.4, 0.5) is 11.4 Å². The third-order valence-electron chi connectivity index (χ3n) is 5.16. The lowest BCUT2D eigenvalue weighted by Crippen LogP contribution is -3.13. The number of quaternary nitrogens is 1. The van der Waals surface area contributed by atoms with Crippen LogP contribution in [-0.4, -0.2) is 30.4 Å². The molecule has 136 valence electrons. The van der Waals surface area contributed by atoms with Crippen molar-refractivity contribution in [3.63, 3.8) is 0 Å². The van der Waals surface area contributed by atoms with E-state index in [4.69, 9.17) is 0 Å². The SMILES string of the molecule is C[C@@H](C(=O)N1c2ccccc2NC(=O)C1(C)C)[NH+](C)Cc1ccccc1. The Morgan fingerprint density at radius 2 is 1.73 bits per heavy atom. The number of para-hydroxylation sites is 2. The van der Waals surface area contributed by atoms with E-state index >= 15 is 0 Å². The number of carbonyl (C=O) groups is 2. The topological polar surface area (TPSA) is 53.9 Å². The fourth-order valence-corrected chi connectivity index (χ4v) is 3.32. The van der Waals surface area contributed by atoms with E-state index in [1.54, 1.807) is 18.7 Å². The van der Waals surface area contributed by atoms with Crippen LogP contribution in [0.25, 0.3) is 0 Å². The molecule has 1 heterocycles. The predicted octanol–water partition coefficient (Wildman–Crippen LogP) is 1.85. The molecule has 2 aromatic carbocycles. The first kappa shape index (κ1) is 18.1. The average molecular weight is 352 g/mol. The number of nitrogens with zero attached hydrogens (tertiary/aromatic N) is 1. The lowest BCUT2D eigenvalue weighted by Gasteiger charge is -2.43. The second kappa shape index (κ2) is 6.92. The number of nitrogens with one attached hydrogen (secondary N) is 2. The summed E-state index contributed by atoms with van der Waals surface area (Å²) in [5.74, 6) is -0.219. The van der Waals surface area contributed by atoms with Crippen molar-refractivity contribution in [1.82, 2.24) is 0 Å². The van der Waals surface area contributed by atoms with Gasteiger partial charge in [0.2, 0.25) is 5.91 Å². The molecule has 0 fully saturated rings. The second-order valence-electron chi connectivity index (χ2n) is 7.43. The fourth-order valence-electron chi connectivity index (χ4n) is 3.32. The van der Waals surface area contributed by atoms with Gasteiger partial charge in [-0.15, -0.1) is 0 Å². The molecule has 2 amide bonds. The fraction of sp³-hybridized carbons (Fsp3) is 0.333. The van der Waals surface area contributed by atoms with Gasteiger partial charge in [0, 0.05) is 5.56 Å². The molecule has 0 aliphatic carbocycles. The van der Waals surface area contributed by atoms with E-state index in [-0.39, 0.29) is 17.9 Å². The Morgan fingerprint density at radius 1 is 1.12 bits per heavy atom. The van der Waals surface area contributed by atoms with Crippen LogP contribution in [0.1, 0.15) is 26.3 Å². The molecule has 1 aliphatic heterocycles. The zero-order valence-corrected chi connectivity index (χ0v) is 15.7. The monoisotopic (exact) mass is 352 g/mol. The molecule has 2 N–H and O–H groups in total. The van der Waals surface area contributed by atoms with E-state index in [1.807, 2.05) is 56.4 Å². The Kier molecular flexibility index (Phi) is 4.83. The molecule has 1 aliphatic rings. The zero-order chi connectivity index (χ0) is 18.9. The highest BCUT2D eigenvalue weighted by Crippen LogP contribution is 2.36. The van der Waals surface area contributed by atoms with Gasteiger partial charge in [-0.3, -0.25) is 14.5 Å². The maximum absolute atomic E-state index is 13.4. The summed E-state index contributed by atoms with van der Waals surface area (Å²) in [5, 5.41) is 2.90. The van der Waals surface area contributed by atoms with E-state index < -0.39 is 5.54 Å². The second-order valence-corrected chi connectivity index (χ2v) is 7.43. The van der Waals surface area contributed by atoms with Crippen LogP contribution in [0.15, 0.2) is 54.6 Å². The number of anilines is 2. The molecular formula is C21H26N3O2+. The van der Waals surface area contributed by atoms with E-state index in [1.165, 1.54) is 5.56 Å². The summed E-state index contributed by atoms with van der Waals surface area (Å²) in [6.45, 7) is 6.24. The van der Waals surface area contributed by atoms with Gasteiger partial charge in [0.25, 0.3) is 5.91 Å². The zero-order valence-electron chi connectivity index (χ0n) is 15.7. The van der Waals surface area contributed by atoms with E-state index in [0.29, 0.717) is 5.69 Å². The van der Waals surface area contributed by atoms with E-state index in [2.05, 4.69) is 17.4 Å². The van der Waals surface area contributed by atoms with Crippen LogP contribution < -0.4 is 15.1 Å². The minimum Gasteiger partial charge on any atom is -0.324 e. The van der Waals surface area contributed by atoms with Crippen molar-refractivity contribution >= 4 is 23.2 Å². The molecule has 5 nitrogen and oxygen atoms in total. The first-order chi connectivity index (χ1) is 12.3. The van der Waals surface area contributed by atoms with Crippen molar-refractivity contribution in [3.05, 3.63) is 60.2 Å². The molecule has 3 rings (SSSR count). The number of hydrogen-bond acceptors (Lipinski definition) is 2. The standard InChI is InChI=1S/C21H25N3O2/c1-15(23(4)14-16-10-6-5-7-11-16)19(25)24-18-13-9-8-12-17(18)22-20(26)21(24,2)3/h5-13,15H,14H2,1-4H3,(H,22,26)/p+1/t15-/m0/s1. The van der Waals surface area contributed by atoms with Gasteiger partial charge in [0.1, 0.15) is 12.1 Å². The number of likely N-dealkylation sites (N-methyl/N-ethyl adjacent to an activating group) is 1. The minimum absolute atomic E-state index is 0.0502. The maximum atomic E-state index is 13.4. The van der Waals surface area contributed by atoms with Gasteiger partial charge < -0.3 is 10.2 Å². The normalized spacial score (nSPS) is 17.8. The number of hydrogen-bond donors (Lipinski definition) is 2. The van der Waals surface area contributed by atoms with Gasteiger partial charge in [0.15, 0.2) is 6.04 Å². The molecule has 0 radical (unpaired) electrons. The maximum Gasteiger partial charge on any atom is 0.285 e. The van der Waals surface area contributed by atoms with E-state index in [9.17, 15) is 9.59 Å². The van der Waals surface area contributed by atoms with Crippen molar-refractivity contribution in [2.75, 3.05) is 17.3 Å². The molecule has 0 saturated carbocycles. The highest BCUT2D eigenvalue weighted by molar-refractivity contribution is 6.14. The summed E-state index contributed by atoms with van der Waals surface area (Å²) in [7, 11) is 2.01. The van der Waals surface area contributed by atoms with Crippen LogP contribution in [-0.2, 0) is 16.1 Å². The van der Waals surface area contributed by atoms with Crippen molar-refractivity contribution in [1.29, 1.82) is 0 Å². The molecule has 1 unspecified atom stereocenters. The number of rotatable bonds is 4. The van der Waals surface area contributed by atoms with Crippen molar-refractivity contribution in [3.8, 4) is 0 Å². The highest BCUT2D eigenvalue weighted by atomic mass is 16.2. The summed E-state index contributed by atoms with van der Waals surface area (Å²) in [6.07, 6.45) is 0. The molecule has 26 heavy (non-hydrogen) atoms. The quantitative estimate of drug-likeness (QED) is 0.882. The van der Waals surface area contributed by atoms with Crippen molar-refractivity contribution in [2.45, 2.75) is 38.9 Å². The van der Waals surface area contributed by atoms with Gasteiger partial charge in [-0.25, -0.2) is 0 Å². The van der Waals surface area contributed by atoms with Gasteiger partial charge in [-0.05, 0) is 32.9 Å². The number of carbonyl (C=O) groups excluding carboxylic acids is 2. The Bertz CT molecular complexity index is 817. The van der Waals surface area contributed by atoms with Crippen molar-refractivity contribution in [2.24, 2.45) is 0 Å². The van der Waals surface area contributed by atoms with Gasteiger partial charge in [-0.2, -0.15) is 0 Å². The first-order valence-electron chi connectivity index (χ1n) is 8.93. The number of amides is 2. The highest BCUT2D eigenvalue weighted by Gasteiger charge is 2.46. The van der Waals surface area contributed by atoms with Crippen LogP contribution in [0, 0.1) is 0 Å². The Morgan fingerprint density at radius 3 is 2.42 bits per heavy atom. The number of benzene rings is 2. The molecule has 0 spiro atoms. The molecule has 2 aromatic rings. The lowest BCUT2D eigenvalue weighted by atomic mass is 9.95. The van der Waals surface area contributed by atoms with Crippen LogP contribution in [0.2, 0.25) is 0 Å². The lowest BCUT2D eigenvalue weighted by molar-refractivity contribution is -0.908. The van der Waals surface area contributed by atoms with E-state index in [0.717, 1.165) is 17.1 Å². The Labute approximate surface area is 154 Å². The third-order valence-corrected chi connectivity index (χ3v) is 5.16. The molecular weight excluding hydrogens is 326 g/mol. The van der Waals surface area contributed by atoms with Crippen LogP contribution >= 0.6 is 0 Å². The van der Waals surface area contributed by atoms with Crippen LogP contribution in [0.3, 0.4) is 0 Å². The summed E-state index contributed by atoms with van der Waals surface area (Å²) in [4.78, 5) is 28.7. The molecule has 0 aromatic heterocycles. The average Bonchev–Trinajstić information content (AvgIpc) is 2.62. The molecule has 2 atom stereocenters. The molecule has 0 bridgehead atoms. The summed E-state index contributed by atoms with van der Waals surface area (Å²) >= 11 is 0. The summed E-state index contributed by atoms with van der Waals surface area (Å²) in [5.41, 5.74) is 1.67.